The van der Waals surface area contributed by atoms with Crippen molar-refractivity contribution in [2.24, 2.45) is 5.73 Å². The van der Waals surface area contributed by atoms with Crippen LogP contribution in [0.5, 0.6) is 0 Å². The number of carbonyl (C=O) groups is 2. The van der Waals surface area contributed by atoms with Crippen LogP contribution >= 0.6 is 11.3 Å². The molecule has 1 aromatic carbocycles. The van der Waals surface area contributed by atoms with E-state index in [-0.39, 0.29) is 0 Å². The number of nitrogens with one attached hydrogen (secondary N) is 2. The van der Waals surface area contributed by atoms with E-state index in [4.69, 9.17) is 10.5 Å². The fourth-order valence-corrected chi connectivity index (χ4v) is 3.59. The number of esters is 1. The Morgan fingerprint density at radius 2 is 1.93 bits per heavy atom. The number of thiophene rings is 1. The number of aromatic amines is 1. The highest BCUT2D eigenvalue weighted by Crippen LogP contribution is 2.31. The highest BCUT2D eigenvalue weighted by molar-refractivity contribution is 7.12. The van der Waals surface area contributed by atoms with Crippen LogP contribution in [0.15, 0.2) is 66.3 Å². The molecule has 1 unspecified atom stereocenters. The van der Waals surface area contributed by atoms with Crippen molar-refractivity contribution in [3.63, 3.8) is 0 Å². The molecule has 0 saturated heterocycles. The molecule has 4 aromatic rings. The van der Waals surface area contributed by atoms with E-state index < -0.39 is 18.0 Å². The second kappa shape index (κ2) is 7.53. The van der Waals surface area contributed by atoms with Crippen molar-refractivity contribution in [2.45, 2.75) is 6.10 Å². The number of nitrogens with zero attached hydrogens (tertiary/aromatic N) is 1. The van der Waals surface area contributed by atoms with Crippen molar-refractivity contribution >= 4 is 45.6 Å². The molecule has 0 spiro atoms. The predicted molar refractivity (Wildman–Crippen MR) is 107 cm³/mol. The molecule has 4 N–H and O–H groups in total. The van der Waals surface area contributed by atoms with Gasteiger partial charge in [0.15, 0.2) is 0 Å². The number of benzene rings is 1. The van der Waals surface area contributed by atoms with E-state index in [1.54, 1.807) is 54.2 Å². The summed E-state index contributed by atoms with van der Waals surface area (Å²) in [4.78, 5) is 32.2. The summed E-state index contributed by atoms with van der Waals surface area (Å²) >= 11 is 1.22. The molecule has 0 radical (unpaired) electrons. The van der Waals surface area contributed by atoms with Crippen LogP contribution in [-0.4, -0.2) is 21.8 Å². The first-order valence-corrected chi connectivity index (χ1v) is 9.33. The molecule has 3 aromatic heterocycles. The molecule has 0 bridgehead atoms. The molecule has 28 heavy (non-hydrogen) atoms. The molecule has 0 saturated carbocycles. The van der Waals surface area contributed by atoms with Gasteiger partial charge in [0.05, 0.1) is 11.4 Å². The Morgan fingerprint density at radius 3 is 2.71 bits per heavy atom. The summed E-state index contributed by atoms with van der Waals surface area (Å²) in [5, 5.41) is 5.91. The average molecular weight is 392 g/mol. The molecular weight excluding hydrogens is 376 g/mol. The number of fused-ring (bicyclic) bond motifs is 1. The summed E-state index contributed by atoms with van der Waals surface area (Å²) in [6.45, 7) is 0. The van der Waals surface area contributed by atoms with Gasteiger partial charge in [-0.15, -0.1) is 11.3 Å². The maximum Gasteiger partial charge on any atom is 0.351 e. The number of anilines is 2. The second-order valence-corrected chi connectivity index (χ2v) is 6.90. The fourth-order valence-electron chi connectivity index (χ4n) is 2.86. The van der Waals surface area contributed by atoms with Gasteiger partial charge in [-0.2, -0.15) is 0 Å². The third-order valence-electron chi connectivity index (χ3n) is 4.17. The van der Waals surface area contributed by atoms with Crippen LogP contribution in [0, 0.1) is 0 Å². The first kappa shape index (κ1) is 17.7. The van der Waals surface area contributed by atoms with E-state index in [1.165, 1.54) is 11.3 Å². The van der Waals surface area contributed by atoms with Gasteiger partial charge < -0.3 is 20.8 Å². The Bertz CT molecular complexity index is 1140. The predicted octanol–water partition coefficient (Wildman–Crippen LogP) is 3.75. The van der Waals surface area contributed by atoms with Crippen LogP contribution in [-0.2, 0) is 9.53 Å². The number of H-pyrrole nitrogens is 1. The number of primary amides is 1. The van der Waals surface area contributed by atoms with Crippen molar-refractivity contribution < 1.29 is 14.3 Å². The van der Waals surface area contributed by atoms with Crippen LogP contribution in [0.3, 0.4) is 0 Å². The average Bonchev–Trinajstić information content (AvgIpc) is 3.36. The van der Waals surface area contributed by atoms with E-state index in [1.807, 2.05) is 12.1 Å². The van der Waals surface area contributed by atoms with Gasteiger partial charge in [-0.25, -0.2) is 9.78 Å². The van der Waals surface area contributed by atoms with E-state index >= 15 is 0 Å². The minimum Gasteiger partial charge on any atom is -0.443 e. The first-order chi connectivity index (χ1) is 13.6. The molecule has 1 atom stereocenters. The van der Waals surface area contributed by atoms with Gasteiger partial charge in [0.25, 0.3) is 5.91 Å². The van der Waals surface area contributed by atoms with E-state index in [0.29, 0.717) is 16.1 Å². The molecule has 0 aliphatic heterocycles. The number of ether oxygens (including phenoxy) is 1. The topological polar surface area (TPSA) is 110 Å². The molecule has 1 amide bonds. The van der Waals surface area contributed by atoms with Crippen molar-refractivity contribution in [2.75, 3.05) is 5.32 Å². The van der Waals surface area contributed by atoms with Gasteiger partial charge in [-0.1, -0.05) is 30.3 Å². The Morgan fingerprint density at radius 1 is 1.11 bits per heavy atom. The lowest BCUT2D eigenvalue weighted by Gasteiger charge is -2.15. The largest absolute Gasteiger partial charge is 0.443 e. The third-order valence-corrected chi connectivity index (χ3v) is 5.06. The Hall–Kier alpha value is -3.65. The lowest BCUT2D eigenvalue weighted by atomic mass is 10.1. The molecule has 8 heteroatoms. The van der Waals surface area contributed by atoms with Gasteiger partial charge in [-0.05, 0) is 23.6 Å². The molecular formula is C20H16N4O3S. The van der Waals surface area contributed by atoms with Crippen LogP contribution < -0.4 is 11.1 Å². The molecule has 7 nitrogen and oxygen atoms in total. The summed E-state index contributed by atoms with van der Waals surface area (Å²) < 4.78 is 5.43. The number of pyridine rings is 1. The van der Waals surface area contributed by atoms with Crippen LogP contribution in [0.4, 0.5) is 11.4 Å². The molecule has 4 rings (SSSR count). The van der Waals surface area contributed by atoms with Crippen LogP contribution in [0.2, 0.25) is 0 Å². The van der Waals surface area contributed by atoms with E-state index in [2.05, 4.69) is 15.3 Å². The molecule has 3 heterocycles. The van der Waals surface area contributed by atoms with Gasteiger partial charge in [0.1, 0.15) is 10.5 Å². The van der Waals surface area contributed by atoms with Crippen LogP contribution in [0.25, 0.3) is 11.0 Å². The second-order valence-electron chi connectivity index (χ2n) is 5.99. The number of hydrogen-bond acceptors (Lipinski definition) is 6. The smallest absolute Gasteiger partial charge is 0.351 e. The summed E-state index contributed by atoms with van der Waals surface area (Å²) in [6, 6.07) is 14.2. The maximum absolute atomic E-state index is 12.7. The number of amides is 1. The van der Waals surface area contributed by atoms with Crippen molar-refractivity contribution in [1.29, 1.82) is 0 Å². The molecule has 0 aliphatic rings. The standard InChI is InChI=1S/C20H16N4O3S/c21-18(25)16(12-4-2-1-3-5-12)27-20(26)17-15(8-11-28-17)24-14-7-10-23-19-13(14)6-9-22-19/h1-11,16H,(H2,21,25)(H2,22,23,24). The highest BCUT2D eigenvalue weighted by Gasteiger charge is 2.25. The van der Waals surface area contributed by atoms with Gasteiger partial charge in [-0.3, -0.25) is 4.79 Å². The van der Waals surface area contributed by atoms with Crippen LogP contribution in [0.1, 0.15) is 21.3 Å². The fraction of sp³-hybridized carbons (Fsp3) is 0.0500. The summed E-state index contributed by atoms with van der Waals surface area (Å²) in [7, 11) is 0. The third kappa shape index (κ3) is 3.45. The molecule has 0 fully saturated rings. The molecule has 140 valence electrons. The Kier molecular flexibility index (Phi) is 4.77. The minimum atomic E-state index is -1.15. The van der Waals surface area contributed by atoms with Crippen molar-refractivity contribution in [1.82, 2.24) is 9.97 Å². The first-order valence-electron chi connectivity index (χ1n) is 8.45. The number of hydrogen-bond donors (Lipinski definition) is 3. The summed E-state index contributed by atoms with van der Waals surface area (Å²) in [5.41, 5.74) is 8.09. The normalized spacial score (nSPS) is 11.9. The number of carbonyl (C=O) groups excluding carboxylic acids is 2. The number of rotatable bonds is 6. The highest BCUT2D eigenvalue weighted by atomic mass is 32.1. The summed E-state index contributed by atoms with van der Waals surface area (Å²) in [6.07, 6.45) is 2.31. The summed E-state index contributed by atoms with van der Waals surface area (Å²) in [5.74, 6) is -1.35. The zero-order chi connectivity index (χ0) is 19.5. The maximum atomic E-state index is 12.7. The van der Waals surface area contributed by atoms with Crippen molar-refractivity contribution in [3.05, 3.63) is 76.7 Å². The van der Waals surface area contributed by atoms with Gasteiger partial charge in [0.2, 0.25) is 6.10 Å². The SMILES string of the molecule is NC(=O)C(OC(=O)c1sccc1Nc1ccnc2[nH]ccc12)c1ccccc1. The van der Waals surface area contributed by atoms with Gasteiger partial charge in [0, 0.05) is 23.3 Å². The van der Waals surface area contributed by atoms with Gasteiger partial charge >= 0.3 is 5.97 Å². The zero-order valence-corrected chi connectivity index (χ0v) is 15.4. The zero-order valence-electron chi connectivity index (χ0n) is 14.6. The molecule has 0 aliphatic carbocycles. The monoisotopic (exact) mass is 392 g/mol. The number of aromatic nitrogens is 2. The van der Waals surface area contributed by atoms with Crippen molar-refractivity contribution in [3.8, 4) is 0 Å². The van der Waals surface area contributed by atoms with E-state index in [9.17, 15) is 9.59 Å². The van der Waals surface area contributed by atoms with E-state index in [0.717, 1.165) is 16.7 Å². The quantitative estimate of drug-likeness (QED) is 0.433. The lowest BCUT2D eigenvalue weighted by Crippen LogP contribution is -2.26. The Balaban J connectivity index is 1.59. The minimum absolute atomic E-state index is 0.350. The lowest BCUT2D eigenvalue weighted by molar-refractivity contribution is -0.127. The number of nitrogens with two attached hydrogens (primary N) is 1. The Labute approximate surface area is 164 Å².